The lowest BCUT2D eigenvalue weighted by Gasteiger charge is -2.35. The van der Waals surface area contributed by atoms with Crippen LogP contribution in [0.1, 0.15) is 31.2 Å². The van der Waals surface area contributed by atoms with E-state index in [1.54, 1.807) is 12.1 Å². The molecule has 1 aromatic rings. The van der Waals surface area contributed by atoms with Gasteiger partial charge in [-0.2, -0.15) is 0 Å². The highest BCUT2D eigenvalue weighted by Crippen LogP contribution is 2.19. The molecule has 0 amide bonds. The van der Waals surface area contributed by atoms with Crippen molar-refractivity contribution in [1.29, 1.82) is 0 Å². The van der Waals surface area contributed by atoms with Crippen LogP contribution in [0.25, 0.3) is 0 Å². The van der Waals surface area contributed by atoms with Crippen LogP contribution in [0.5, 0.6) is 5.75 Å². The van der Waals surface area contributed by atoms with E-state index in [2.05, 4.69) is 14.7 Å². The molecule has 3 rings (SSSR count). The summed E-state index contributed by atoms with van der Waals surface area (Å²) in [6, 6.07) is 5.29. The molecule has 0 radical (unpaired) electrons. The number of ether oxygens (including phenoxy) is 1. The van der Waals surface area contributed by atoms with Gasteiger partial charge in [0, 0.05) is 32.7 Å². The monoisotopic (exact) mass is 349 g/mol. The van der Waals surface area contributed by atoms with Gasteiger partial charge in [-0.05, 0) is 63.1 Å². The number of piperidine rings is 1. The third-order valence-corrected chi connectivity index (χ3v) is 5.48. The van der Waals surface area contributed by atoms with Gasteiger partial charge in [0.05, 0.1) is 7.11 Å². The van der Waals surface area contributed by atoms with E-state index in [1.807, 2.05) is 6.07 Å². The Balaban J connectivity index is 1.34. The fourth-order valence-corrected chi connectivity index (χ4v) is 3.94. The van der Waals surface area contributed by atoms with Crippen molar-refractivity contribution < 1.29 is 9.13 Å². The zero-order chi connectivity index (χ0) is 17.5. The van der Waals surface area contributed by atoms with Gasteiger partial charge in [0.25, 0.3) is 0 Å². The first-order valence-corrected chi connectivity index (χ1v) is 9.74. The second-order valence-corrected chi connectivity index (χ2v) is 7.34. The zero-order valence-electron chi connectivity index (χ0n) is 15.6. The number of halogens is 1. The summed E-state index contributed by atoms with van der Waals surface area (Å²) in [4.78, 5) is 7.62. The Hall–Kier alpha value is -1.17. The topological polar surface area (TPSA) is 19.0 Å². The number of hydrogen-bond acceptors (Lipinski definition) is 4. The summed E-state index contributed by atoms with van der Waals surface area (Å²) in [7, 11) is 1.50. The molecule has 2 aliphatic heterocycles. The first-order chi connectivity index (χ1) is 12.2. The Morgan fingerprint density at radius 3 is 2.16 bits per heavy atom. The van der Waals surface area contributed by atoms with Gasteiger partial charge < -0.3 is 14.5 Å². The second-order valence-electron chi connectivity index (χ2n) is 7.34. The minimum absolute atomic E-state index is 0.267. The molecule has 2 heterocycles. The molecule has 25 heavy (non-hydrogen) atoms. The summed E-state index contributed by atoms with van der Waals surface area (Å²) in [6.45, 7) is 10.3. The van der Waals surface area contributed by atoms with E-state index in [-0.39, 0.29) is 5.82 Å². The Kier molecular flexibility index (Phi) is 7.08. The van der Waals surface area contributed by atoms with Gasteiger partial charge in [0.2, 0.25) is 0 Å². The van der Waals surface area contributed by atoms with Crippen LogP contribution in [0.4, 0.5) is 4.39 Å². The van der Waals surface area contributed by atoms with E-state index in [0.717, 1.165) is 38.3 Å². The lowest BCUT2D eigenvalue weighted by Crippen LogP contribution is -2.46. The van der Waals surface area contributed by atoms with Gasteiger partial charge in [-0.25, -0.2) is 4.39 Å². The van der Waals surface area contributed by atoms with E-state index in [1.165, 1.54) is 59.0 Å². The molecule has 140 valence electrons. The van der Waals surface area contributed by atoms with Crippen LogP contribution in [0.2, 0.25) is 0 Å². The van der Waals surface area contributed by atoms with E-state index in [4.69, 9.17) is 4.74 Å². The van der Waals surface area contributed by atoms with E-state index in [0.29, 0.717) is 5.75 Å². The minimum atomic E-state index is -0.267. The highest BCUT2D eigenvalue weighted by molar-refractivity contribution is 5.29. The fourth-order valence-electron chi connectivity index (χ4n) is 3.94. The van der Waals surface area contributed by atoms with E-state index >= 15 is 0 Å². The van der Waals surface area contributed by atoms with Crippen LogP contribution < -0.4 is 4.74 Å². The molecule has 2 fully saturated rings. The standard InChI is InChI=1S/C20H32FN3O/c1-25-20-7-6-18(16-19(20)21)17-24-14-12-23(13-15-24)11-5-10-22-8-3-2-4-9-22/h6-7,16H,2-5,8-15,17H2,1H3. The van der Waals surface area contributed by atoms with Gasteiger partial charge in [-0.3, -0.25) is 4.90 Å². The van der Waals surface area contributed by atoms with Crippen LogP contribution in [-0.4, -0.2) is 74.2 Å². The fraction of sp³-hybridized carbons (Fsp3) is 0.700. The summed E-state index contributed by atoms with van der Waals surface area (Å²) < 4.78 is 18.8. The maximum absolute atomic E-state index is 13.8. The molecule has 2 aliphatic rings. The molecule has 0 spiro atoms. The lowest BCUT2D eigenvalue weighted by atomic mass is 10.1. The summed E-state index contributed by atoms with van der Waals surface area (Å²) >= 11 is 0. The van der Waals surface area contributed by atoms with Crippen molar-refractivity contribution in [2.45, 2.75) is 32.2 Å². The van der Waals surface area contributed by atoms with Crippen LogP contribution in [0, 0.1) is 5.82 Å². The molecule has 0 saturated carbocycles. The molecule has 0 atom stereocenters. The van der Waals surface area contributed by atoms with Crippen molar-refractivity contribution in [2.75, 3.05) is 59.5 Å². The molecular formula is C20H32FN3O. The molecule has 2 saturated heterocycles. The largest absolute Gasteiger partial charge is 0.494 e. The van der Waals surface area contributed by atoms with E-state index in [9.17, 15) is 4.39 Å². The van der Waals surface area contributed by atoms with Gasteiger partial charge >= 0.3 is 0 Å². The summed E-state index contributed by atoms with van der Waals surface area (Å²) in [5.41, 5.74) is 1.02. The molecule has 0 unspecified atom stereocenters. The Labute approximate surface area is 151 Å². The molecule has 4 nitrogen and oxygen atoms in total. The molecule has 5 heteroatoms. The Morgan fingerprint density at radius 2 is 1.52 bits per heavy atom. The van der Waals surface area contributed by atoms with Gasteiger partial charge in [0.15, 0.2) is 11.6 Å². The van der Waals surface area contributed by atoms with Crippen LogP contribution >= 0.6 is 0 Å². The van der Waals surface area contributed by atoms with Crippen molar-refractivity contribution in [1.82, 2.24) is 14.7 Å². The molecular weight excluding hydrogens is 317 g/mol. The van der Waals surface area contributed by atoms with Crippen molar-refractivity contribution in [3.05, 3.63) is 29.6 Å². The number of likely N-dealkylation sites (tertiary alicyclic amines) is 1. The number of nitrogens with zero attached hydrogens (tertiary/aromatic N) is 3. The molecule has 0 bridgehead atoms. The number of piperazine rings is 1. The third-order valence-electron chi connectivity index (χ3n) is 5.48. The highest BCUT2D eigenvalue weighted by atomic mass is 19.1. The van der Waals surface area contributed by atoms with Gasteiger partial charge in [0.1, 0.15) is 0 Å². The van der Waals surface area contributed by atoms with Crippen molar-refractivity contribution in [3.8, 4) is 5.75 Å². The van der Waals surface area contributed by atoms with Crippen molar-refractivity contribution in [3.63, 3.8) is 0 Å². The number of hydrogen-bond donors (Lipinski definition) is 0. The summed E-state index contributed by atoms with van der Waals surface area (Å²) in [5, 5.41) is 0. The smallest absolute Gasteiger partial charge is 0.165 e. The number of rotatable bonds is 7. The predicted molar refractivity (Wildman–Crippen MR) is 99.6 cm³/mol. The van der Waals surface area contributed by atoms with E-state index < -0.39 is 0 Å². The molecule has 1 aromatic carbocycles. The Bertz CT molecular complexity index is 526. The van der Waals surface area contributed by atoms with Crippen molar-refractivity contribution >= 4 is 0 Å². The van der Waals surface area contributed by atoms with Gasteiger partial charge in [-0.15, -0.1) is 0 Å². The first kappa shape index (κ1) is 18.6. The summed E-state index contributed by atoms with van der Waals surface area (Å²) in [5.74, 6) is 0.0543. The molecule has 0 N–H and O–H groups in total. The average Bonchev–Trinajstić information content (AvgIpc) is 2.64. The SMILES string of the molecule is COc1ccc(CN2CCN(CCCN3CCCCC3)CC2)cc1F. The lowest BCUT2D eigenvalue weighted by molar-refractivity contribution is 0.120. The average molecular weight is 349 g/mol. The Morgan fingerprint density at radius 1 is 0.880 bits per heavy atom. The summed E-state index contributed by atoms with van der Waals surface area (Å²) in [6.07, 6.45) is 5.45. The molecule has 0 aromatic heterocycles. The minimum Gasteiger partial charge on any atom is -0.494 e. The van der Waals surface area contributed by atoms with Crippen LogP contribution in [-0.2, 0) is 6.54 Å². The quantitative estimate of drug-likeness (QED) is 0.753. The normalized spacial score (nSPS) is 20.7. The maximum atomic E-state index is 13.8. The number of methoxy groups -OCH3 is 1. The third kappa shape index (κ3) is 5.66. The van der Waals surface area contributed by atoms with Crippen molar-refractivity contribution in [2.24, 2.45) is 0 Å². The highest BCUT2D eigenvalue weighted by Gasteiger charge is 2.18. The zero-order valence-corrected chi connectivity index (χ0v) is 15.6. The predicted octanol–water partition coefficient (Wildman–Crippen LogP) is 2.83. The first-order valence-electron chi connectivity index (χ1n) is 9.74. The second kappa shape index (κ2) is 9.51. The van der Waals surface area contributed by atoms with Gasteiger partial charge in [-0.1, -0.05) is 12.5 Å². The van der Waals surface area contributed by atoms with Crippen LogP contribution in [0.3, 0.4) is 0 Å². The molecule has 0 aliphatic carbocycles. The number of benzene rings is 1. The maximum Gasteiger partial charge on any atom is 0.165 e. The van der Waals surface area contributed by atoms with Crippen LogP contribution in [0.15, 0.2) is 18.2 Å².